The van der Waals surface area contributed by atoms with Crippen LogP contribution < -0.4 is 10.1 Å². The summed E-state index contributed by atoms with van der Waals surface area (Å²) in [6.45, 7) is 4.55. The molecule has 20 heavy (non-hydrogen) atoms. The van der Waals surface area contributed by atoms with Crippen molar-refractivity contribution in [2.24, 2.45) is 5.92 Å². The number of rotatable bonds is 7. The molecule has 4 nitrogen and oxygen atoms in total. The number of benzene rings is 1. The van der Waals surface area contributed by atoms with Gasteiger partial charge >= 0.3 is 0 Å². The van der Waals surface area contributed by atoms with E-state index in [2.05, 4.69) is 5.32 Å². The molecule has 1 saturated carbocycles. The van der Waals surface area contributed by atoms with Crippen molar-refractivity contribution in [1.82, 2.24) is 5.32 Å². The van der Waals surface area contributed by atoms with Crippen LogP contribution >= 0.6 is 0 Å². The monoisotopic (exact) mass is 277 g/mol. The average Bonchev–Trinajstić information content (AvgIpc) is 3.30. The summed E-state index contributed by atoms with van der Waals surface area (Å²) in [6.07, 6.45) is 3.06. The first-order valence-electron chi connectivity index (χ1n) is 7.25. The Morgan fingerprint density at radius 1 is 1.50 bits per heavy atom. The molecule has 1 aromatic carbocycles. The summed E-state index contributed by atoms with van der Waals surface area (Å²) in [4.78, 5) is 12.3. The van der Waals surface area contributed by atoms with Crippen LogP contribution in [0, 0.1) is 5.92 Å². The standard InChI is InChI=1S/C16H23NO3/c1-3-9-20-14-6-4-5-12(10-14)15(19)17-16(2,11-18)13-7-8-13/h4-6,10,13,18H,3,7-9,11H2,1-2H3,(H,17,19). The predicted octanol–water partition coefficient (Wildman–Crippen LogP) is 2.37. The number of carbonyl (C=O) groups is 1. The minimum absolute atomic E-state index is 0.0323. The maximum absolute atomic E-state index is 12.3. The van der Waals surface area contributed by atoms with Crippen LogP contribution in [-0.2, 0) is 0 Å². The Kier molecular flexibility index (Phi) is 4.65. The Bertz CT molecular complexity index is 471. The molecule has 2 N–H and O–H groups in total. The van der Waals surface area contributed by atoms with Gasteiger partial charge in [-0.3, -0.25) is 4.79 Å². The third-order valence-electron chi connectivity index (χ3n) is 3.78. The van der Waals surface area contributed by atoms with Crippen LogP contribution in [0.5, 0.6) is 5.75 Å². The molecule has 0 aromatic heterocycles. The van der Waals surface area contributed by atoms with E-state index in [4.69, 9.17) is 4.74 Å². The molecule has 1 unspecified atom stereocenters. The highest BCUT2D eigenvalue weighted by Gasteiger charge is 2.42. The number of nitrogens with one attached hydrogen (secondary N) is 1. The minimum atomic E-state index is -0.517. The van der Waals surface area contributed by atoms with Gasteiger partial charge in [-0.25, -0.2) is 0 Å². The fourth-order valence-electron chi connectivity index (χ4n) is 2.27. The van der Waals surface area contributed by atoms with E-state index in [1.807, 2.05) is 26.0 Å². The fraction of sp³-hybridized carbons (Fsp3) is 0.562. The molecule has 1 aromatic rings. The van der Waals surface area contributed by atoms with Gasteiger partial charge in [0.25, 0.3) is 5.91 Å². The summed E-state index contributed by atoms with van der Waals surface area (Å²) in [5, 5.41) is 12.5. The van der Waals surface area contributed by atoms with E-state index in [9.17, 15) is 9.90 Å². The van der Waals surface area contributed by atoms with Gasteiger partial charge in [-0.05, 0) is 50.3 Å². The lowest BCUT2D eigenvalue weighted by molar-refractivity contribution is 0.0824. The first-order chi connectivity index (χ1) is 9.59. The van der Waals surface area contributed by atoms with Gasteiger partial charge in [0.05, 0.1) is 18.8 Å². The molecular weight excluding hydrogens is 254 g/mol. The van der Waals surface area contributed by atoms with Crippen molar-refractivity contribution in [3.05, 3.63) is 29.8 Å². The Hall–Kier alpha value is -1.55. The Morgan fingerprint density at radius 3 is 2.85 bits per heavy atom. The average molecular weight is 277 g/mol. The molecule has 1 amide bonds. The smallest absolute Gasteiger partial charge is 0.251 e. The molecule has 1 aliphatic rings. The highest BCUT2D eigenvalue weighted by Crippen LogP contribution is 2.39. The van der Waals surface area contributed by atoms with Crippen LogP contribution in [0.1, 0.15) is 43.5 Å². The summed E-state index contributed by atoms with van der Waals surface area (Å²) < 4.78 is 5.53. The molecule has 0 saturated heterocycles. The van der Waals surface area contributed by atoms with E-state index in [0.717, 1.165) is 19.3 Å². The van der Waals surface area contributed by atoms with Gasteiger partial charge in [-0.2, -0.15) is 0 Å². The normalized spacial score (nSPS) is 17.4. The summed E-state index contributed by atoms with van der Waals surface area (Å²) in [7, 11) is 0. The first-order valence-corrected chi connectivity index (χ1v) is 7.25. The maximum Gasteiger partial charge on any atom is 0.251 e. The second-order valence-corrected chi connectivity index (χ2v) is 5.68. The van der Waals surface area contributed by atoms with Gasteiger partial charge in [0.2, 0.25) is 0 Å². The van der Waals surface area contributed by atoms with Crippen LogP contribution in [0.25, 0.3) is 0 Å². The zero-order chi connectivity index (χ0) is 14.6. The lowest BCUT2D eigenvalue weighted by Crippen LogP contribution is -2.50. The fourth-order valence-corrected chi connectivity index (χ4v) is 2.27. The van der Waals surface area contributed by atoms with Gasteiger partial charge in [0, 0.05) is 5.56 Å². The van der Waals surface area contributed by atoms with Crippen molar-refractivity contribution in [1.29, 1.82) is 0 Å². The molecule has 2 rings (SSSR count). The quantitative estimate of drug-likeness (QED) is 0.804. The van der Waals surface area contributed by atoms with E-state index in [0.29, 0.717) is 23.8 Å². The molecule has 1 aliphatic carbocycles. The number of carbonyl (C=O) groups excluding carboxylic acids is 1. The summed E-state index contributed by atoms with van der Waals surface area (Å²) in [5.41, 5.74) is 0.0519. The first kappa shape index (κ1) is 14.9. The predicted molar refractivity (Wildman–Crippen MR) is 77.9 cm³/mol. The molecule has 4 heteroatoms. The van der Waals surface area contributed by atoms with Gasteiger partial charge in [0.15, 0.2) is 0 Å². The number of ether oxygens (including phenoxy) is 1. The lowest BCUT2D eigenvalue weighted by Gasteiger charge is -2.28. The van der Waals surface area contributed by atoms with Gasteiger partial charge in [0.1, 0.15) is 5.75 Å². The van der Waals surface area contributed by atoms with Crippen LogP contribution in [0.4, 0.5) is 0 Å². The third kappa shape index (κ3) is 3.51. The number of aliphatic hydroxyl groups excluding tert-OH is 1. The van der Waals surface area contributed by atoms with Crippen molar-refractivity contribution in [3.63, 3.8) is 0 Å². The Morgan fingerprint density at radius 2 is 2.25 bits per heavy atom. The second kappa shape index (κ2) is 6.27. The number of hydrogen-bond donors (Lipinski definition) is 2. The molecular formula is C16H23NO3. The zero-order valence-corrected chi connectivity index (χ0v) is 12.2. The number of aliphatic hydroxyl groups is 1. The molecule has 1 fully saturated rings. The van der Waals surface area contributed by atoms with E-state index >= 15 is 0 Å². The topological polar surface area (TPSA) is 58.6 Å². The highest BCUT2D eigenvalue weighted by atomic mass is 16.5. The number of amides is 1. The van der Waals surface area contributed by atoms with E-state index in [-0.39, 0.29) is 12.5 Å². The SMILES string of the molecule is CCCOc1cccc(C(=O)NC(C)(CO)C2CC2)c1. The Balaban J connectivity index is 2.04. The van der Waals surface area contributed by atoms with Crippen LogP contribution in [0.2, 0.25) is 0 Å². The maximum atomic E-state index is 12.3. The van der Waals surface area contributed by atoms with Crippen LogP contribution in [0.15, 0.2) is 24.3 Å². The van der Waals surface area contributed by atoms with E-state index in [1.54, 1.807) is 12.1 Å². The molecule has 0 heterocycles. The molecule has 0 radical (unpaired) electrons. The molecule has 0 aliphatic heterocycles. The van der Waals surface area contributed by atoms with E-state index < -0.39 is 5.54 Å². The van der Waals surface area contributed by atoms with E-state index in [1.165, 1.54) is 0 Å². The minimum Gasteiger partial charge on any atom is -0.494 e. The summed E-state index contributed by atoms with van der Waals surface area (Å²) in [5.74, 6) is 0.933. The molecule has 110 valence electrons. The second-order valence-electron chi connectivity index (χ2n) is 5.68. The molecule has 1 atom stereocenters. The zero-order valence-electron chi connectivity index (χ0n) is 12.2. The van der Waals surface area contributed by atoms with Crippen LogP contribution in [-0.4, -0.2) is 29.8 Å². The molecule has 0 bridgehead atoms. The Labute approximate surface area is 120 Å². The van der Waals surface area contributed by atoms with Crippen molar-refractivity contribution < 1.29 is 14.6 Å². The van der Waals surface area contributed by atoms with Crippen molar-refractivity contribution >= 4 is 5.91 Å². The van der Waals surface area contributed by atoms with Crippen molar-refractivity contribution in [2.45, 2.75) is 38.6 Å². The summed E-state index contributed by atoms with van der Waals surface area (Å²) in [6, 6.07) is 7.17. The highest BCUT2D eigenvalue weighted by molar-refractivity contribution is 5.95. The largest absolute Gasteiger partial charge is 0.494 e. The van der Waals surface area contributed by atoms with Gasteiger partial charge in [-0.15, -0.1) is 0 Å². The lowest BCUT2D eigenvalue weighted by atomic mass is 9.96. The van der Waals surface area contributed by atoms with Gasteiger partial charge < -0.3 is 15.2 Å². The molecule has 0 spiro atoms. The number of hydrogen-bond acceptors (Lipinski definition) is 3. The summed E-state index contributed by atoms with van der Waals surface area (Å²) >= 11 is 0. The van der Waals surface area contributed by atoms with Crippen LogP contribution in [0.3, 0.4) is 0 Å². The third-order valence-corrected chi connectivity index (χ3v) is 3.78. The van der Waals surface area contributed by atoms with Gasteiger partial charge in [-0.1, -0.05) is 13.0 Å². The van der Waals surface area contributed by atoms with Crippen molar-refractivity contribution in [3.8, 4) is 5.75 Å². The van der Waals surface area contributed by atoms with Crippen molar-refractivity contribution in [2.75, 3.05) is 13.2 Å².